The highest BCUT2D eigenvalue weighted by molar-refractivity contribution is 8.18. The average Bonchev–Trinajstić information content (AvgIpc) is 3.35. The highest BCUT2D eigenvalue weighted by atomic mass is 32.2. The van der Waals surface area contributed by atoms with Crippen LogP contribution in [0.3, 0.4) is 0 Å². The molecule has 0 bridgehead atoms. The predicted octanol–water partition coefficient (Wildman–Crippen LogP) is 3.76. The molecule has 2 aromatic rings. The van der Waals surface area contributed by atoms with Crippen LogP contribution in [0.25, 0.3) is 17.4 Å². The minimum Gasteiger partial charge on any atom is -0.457 e. The zero-order chi connectivity index (χ0) is 20.2. The molecule has 2 aliphatic heterocycles. The van der Waals surface area contributed by atoms with Crippen molar-refractivity contribution < 1.29 is 9.21 Å². The largest absolute Gasteiger partial charge is 0.457 e. The van der Waals surface area contributed by atoms with E-state index >= 15 is 0 Å². The van der Waals surface area contributed by atoms with Gasteiger partial charge in [0.15, 0.2) is 5.17 Å². The fourth-order valence-corrected chi connectivity index (χ4v) is 4.28. The molecule has 4 rings (SSSR count). The third-order valence-electron chi connectivity index (χ3n) is 5.03. The lowest BCUT2D eigenvalue weighted by atomic mass is 10.1. The van der Waals surface area contributed by atoms with Gasteiger partial charge in [0.2, 0.25) is 0 Å². The lowest BCUT2D eigenvalue weighted by molar-refractivity contribution is -0.113. The maximum Gasteiger partial charge on any atom is 0.286 e. The van der Waals surface area contributed by atoms with E-state index in [0.29, 0.717) is 17.1 Å². The first-order valence-electron chi connectivity index (χ1n) is 9.66. The summed E-state index contributed by atoms with van der Waals surface area (Å²) in [6, 6.07) is 14.1. The van der Waals surface area contributed by atoms with E-state index in [4.69, 9.17) is 9.68 Å². The Morgan fingerprint density at radius 1 is 1.17 bits per heavy atom. The molecule has 0 unspecified atom stereocenters. The number of aliphatic imine (C=N–C) groups is 1. The summed E-state index contributed by atoms with van der Waals surface area (Å²) >= 11 is 1.40. The van der Waals surface area contributed by atoms with Crippen molar-refractivity contribution in [1.29, 1.82) is 5.26 Å². The normalized spacial score (nSPS) is 18.9. The van der Waals surface area contributed by atoms with Crippen LogP contribution >= 0.6 is 11.8 Å². The number of nitrogens with zero attached hydrogens (tertiary/aromatic N) is 4. The van der Waals surface area contributed by atoms with Crippen LogP contribution in [-0.4, -0.2) is 53.6 Å². The van der Waals surface area contributed by atoms with Gasteiger partial charge in [-0.3, -0.25) is 9.69 Å². The van der Waals surface area contributed by atoms with E-state index in [2.05, 4.69) is 27.8 Å². The lowest BCUT2D eigenvalue weighted by Gasteiger charge is -2.34. The molecule has 0 aliphatic carbocycles. The van der Waals surface area contributed by atoms with Crippen LogP contribution in [0.4, 0.5) is 0 Å². The van der Waals surface area contributed by atoms with Crippen molar-refractivity contribution in [3.05, 3.63) is 52.6 Å². The predicted molar refractivity (Wildman–Crippen MR) is 115 cm³/mol. The zero-order valence-electron chi connectivity index (χ0n) is 16.3. The zero-order valence-corrected chi connectivity index (χ0v) is 17.1. The summed E-state index contributed by atoms with van der Waals surface area (Å²) < 4.78 is 5.91. The highest BCUT2D eigenvalue weighted by Gasteiger charge is 2.28. The minimum absolute atomic E-state index is 0.217. The van der Waals surface area contributed by atoms with Crippen molar-refractivity contribution in [2.75, 3.05) is 32.7 Å². The molecule has 0 atom stereocenters. The molecule has 29 heavy (non-hydrogen) atoms. The maximum atomic E-state index is 12.4. The molecule has 6 nitrogen and oxygen atoms in total. The number of carbonyl (C=O) groups excluding carboxylic acids is 1. The van der Waals surface area contributed by atoms with Gasteiger partial charge in [-0.1, -0.05) is 29.8 Å². The van der Waals surface area contributed by atoms with E-state index in [1.165, 1.54) is 17.3 Å². The molecular weight excluding hydrogens is 384 g/mol. The first kappa shape index (κ1) is 19.5. The summed E-state index contributed by atoms with van der Waals surface area (Å²) in [6.45, 7) is 6.25. The van der Waals surface area contributed by atoms with Gasteiger partial charge in [0.05, 0.1) is 11.0 Å². The number of rotatable bonds is 4. The van der Waals surface area contributed by atoms with E-state index < -0.39 is 0 Å². The number of piperazine rings is 1. The molecule has 1 fully saturated rings. The van der Waals surface area contributed by atoms with Gasteiger partial charge in [0.25, 0.3) is 5.91 Å². The molecule has 2 aliphatic rings. The summed E-state index contributed by atoms with van der Waals surface area (Å²) in [7, 11) is 0. The summed E-state index contributed by atoms with van der Waals surface area (Å²) in [4.78, 5) is 21.6. The molecule has 0 saturated carbocycles. The van der Waals surface area contributed by atoms with Crippen LogP contribution in [-0.2, 0) is 4.79 Å². The SMILES string of the molecule is Cc1ccc(-c2ccc(/C=C3/SC(N4CCN(CCC#N)CC4)=NC3=O)o2)cc1. The number of amides is 1. The van der Waals surface area contributed by atoms with Crippen LogP contribution in [0.15, 0.2) is 50.7 Å². The standard InChI is InChI=1S/C22H22N4O2S/c1-16-3-5-17(6-4-16)19-8-7-18(28-19)15-20-21(27)24-22(29-20)26-13-11-25(12-14-26)10-2-9-23/h3-8,15H,2,10-14H2,1H3/b20-15+. The van der Waals surface area contributed by atoms with Gasteiger partial charge in [-0.2, -0.15) is 10.3 Å². The van der Waals surface area contributed by atoms with E-state index in [-0.39, 0.29) is 5.91 Å². The van der Waals surface area contributed by atoms with Crippen molar-refractivity contribution in [1.82, 2.24) is 9.80 Å². The minimum atomic E-state index is -0.217. The van der Waals surface area contributed by atoms with Gasteiger partial charge in [0.1, 0.15) is 11.5 Å². The van der Waals surface area contributed by atoms with Gasteiger partial charge < -0.3 is 9.32 Å². The number of aryl methyl sites for hydroxylation is 1. The van der Waals surface area contributed by atoms with Gasteiger partial charge in [-0.05, 0) is 30.8 Å². The highest BCUT2D eigenvalue weighted by Crippen LogP contribution is 2.32. The molecule has 148 valence electrons. The molecule has 1 saturated heterocycles. The third-order valence-corrected chi connectivity index (χ3v) is 6.07. The maximum absolute atomic E-state index is 12.4. The number of amidine groups is 1. The van der Waals surface area contributed by atoms with Crippen LogP contribution in [0.2, 0.25) is 0 Å². The smallest absolute Gasteiger partial charge is 0.286 e. The van der Waals surface area contributed by atoms with E-state index in [0.717, 1.165) is 49.2 Å². The number of thioether (sulfide) groups is 1. The van der Waals surface area contributed by atoms with E-state index in [9.17, 15) is 4.79 Å². The van der Waals surface area contributed by atoms with Gasteiger partial charge in [-0.15, -0.1) is 0 Å². The number of hydrogen-bond acceptors (Lipinski definition) is 6. The van der Waals surface area contributed by atoms with Gasteiger partial charge >= 0.3 is 0 Å². The average molecular weight is 407 g/mol. The third kappa shape index (κ3) is 4.61. The molecule has 0 radical (unpaired) electrons. The number of carbonyl (C=O) groups is 1. The second kappa shape index (κ2) is 8.68. The molecule has 7 heteroatoms. The van der Waals surface area contributed by atoms with Crippen molar-refractivity contribution in [2.24, 2.45) is 4.99 Å². The molecule has 1 aromatic heterocycles. The Hall–Kier alpha value is -2.82. The Kier molecular flexibility index (Phi) is 5.84. The molecule has 0 N–H and O–H groups in total. The van der Waals surface area contributed by atoms with Gasteiger partial charge in [0, 0.05) is 50.8 Å². The van der Waals surface area contributed by atoms with Crippen molar-refractivity contribution >= 4 is 28.9 Å². The molecule has 1 amide bonds. The summed E-state index contributed by atoms with van der Waals surface area (Å²) in [5.41, 5.74) is 2.21. The molecular formula is C22H22N4O2S. The van der Waals surface area contributed by atoms with Crippen molar-refractivity contribution in [3.63, 3.8) is 0 Å². The molecule has 0 spiro atoms. The number of hydrogen-bond donors (Lipinski definition) is 0. The number of nitriles is 1. The van der Waals surface area contributed by atoms with Crippen molar-refractivity contribution in [2.45, 2.75) is 13.3 Å². The Balaban J connectivity index is 1.39. The summed E-state index contributed by atoms with van der Waals surface area (Å²) in [5, 5.41) is 9.47. The van der Waals surface area contributed by atoms with Crippen LogP contribution in [0, 0.1) is 18.3 Å². The fourth-order valence-electron chi connectivity index (χ4n) is 3.34. The summed E-state index contributed by atoms with van der Waals surface area (Å²) in [6.07, 6.45) is 2.32. The van der Waals surface area contributed by atoms with Crippen molar-refractivity contribution in [3.8, 4) is 17.4 Å². The van der Waals surface area contributed by atoms with Crippen LogP contribution in [0.1, 0.15) is 17.7 Å². The van der Waals surface area contributed by atoms with Crippen LogP contribution in [0.5, 0.6) is 0 Å². The first-order valence-corrected chi connectivity index (χ1v) is 10.5. The van der Waals surface area contributed by atoms with E-state index in [1.54, 1.807) is 6.08 Å². The quantitative estimate of drug-likeness (QED) is 0.720. The topological polar surface area (TPSA) is 72.8 Å². The van der Waals surface area contributed by atoms with Crippen LogP contribution < -0.4 is 0 Å². The number of benzene rings is 1. The fraction of sp³-hybridized carbons (Fsp3) is 0.318. The Morgan fingerprint density at radius 3 is 2.66 bits per heavy atom. The Labute approximate surface area is 174 Å². The Morgan fingerprint density at radius 2 is 1.93 bits per heavy atom. The summed E-state index contributed by atoms with van der Waals surface area (Å²) in [5.74, 6) is 1.21. The Bertz CT molecular complexity index is 993. The van der Waals surface area contributed by atoms with E-state index in [1.807, 2.05) is 36.4 Å². The molecule has 1 aromatic carbocycles. The number of furan rings is 1. The van der Waals surface area contributed by atoms with Gasteiger partial charge in [-0.25, -0.2) is 0 Å². The monoisotopic (exact) mass is 406 g/mol. The first-order chi connectivity index (χ1) is 14.1. The second-order valence-electron chi connectivity index (χ2n) is 7.12. The second-order valence-corrected chi connectivity index (χ2v) is 8.12. The molecule has 3 heterocycles. The lowest BCUT2D eigenvalue weighted by Crippen LogP contribution is -2.47.